The van der Waals surface area contributed by atoms with Gasteiger partial charge in [-0.2, -0.15) is 0 Å². The Hall–Kier alpha value is -1.37. The Kier molecular flexibility index (Phi) is 4.57. The molecule has 0 aromatic heterocycles. The predicted molar refractivity (Wildman–Crippen MR) is 82.1 cm³/mol. The number of anilines is 2. The van der Waals surface area contributed by atoms with Crippen molar-refractivity contribution in [1.82, 2.24) is 0 Å². The first-order valence-electron chi connectivity index (χ1n) is 5.78. The lowest BCUT2D eigenvalue weighted by Crippen LogP contribution is -2.07. The summed E-state index contributed by atoms with van der Waals surface area (Å²) in [6.07, 6.45) is 0.528. The molecule has 0 spiro atoms. The molecule has 0 aliphatic carbocycles. The molecule has 2 rings (SSSR count). The Morgan fingerprint density at radius 2 is 1.74 bits per heavy atom. The highest BCUT2D eigenvalue weighted by Crippen LogP contribution is 2.20. The van der Waals surface area contributed by atoms with E-state index in [-0.39, 0.29) is 0 Å². The van der Waals surface area contributed by atoms with Crippen molar-refractivity contribution < 1.29 is 8.78 Å². The largest absolute Gasteiger partial charge is 0.397 e. The fourth-order valence-electron chi connectivity index (χ4n) is 1.79. The van der Waals surface area contributed by atoms with Crippen molar-refractivity contribution in [2.75, 3.05) is 17.6 Å². The second-order valence-electron chi connectivity index (χ2n) is 4.19. The van der Waals surface area contributed by atoms with Crippen LogP contribution in [0.5, 0.6) is 0 Å². The molecule has 2 aromatic carbocycles. The monoisotopic (exact) mass is 374 g/mol. The van der Waals surface area contributed by atoms with Crippen molar-refractivity contribution in [2.24, 2.45) is 0 Å². The van der Waals surface area contributed by atoms with Gasteiger partial charge in [0, 0.05) is 16.2 Å². The normalized spacial score (nSPS) is 10.5. The number of nitrogens with two attached hydrogens (primary N) is 1. The van der Waals surface area contributed by atoms with Gasteiger partial charge in [-0.3, -0.25) is 0 Å². The van der Waals surface area contributed by atoms with E-state index in [0.717, 1.165) is 15.3 Å². The van der Waals surface area contributed by atoms with Crippen LogP contribution < -0.4 is 11.1 Å². The Morgan fingerprint density at radius 3 is 2.37 bits per heavy atom. The van der Waals surface area contributed by atoms with Gasteiger partial charge in [0.2, 0.25) is 0 Å². The van der Waals surface area contributed by atoms with Crippen molar-refractivity contribution in [1.29, 1.82) is 0 Å². The van der Waals surface area contributed by atoms with E-state index >= 15 is 0 Å². The molecule has 0 atom stereocenters. The summed E-state index contributed by atoms with van der Waals surface area (Å²) in [5.74, 6) is -1.10. The van der Waals surface area contributed by atoms with Crippen LogP contribution in [0.3, 0.4) is 0 Å². The molecule has 2 nitrogen and oxygen atoms in total. The van der Waals surface area contributed by atoms with Crippen LogP contribution in [0.15, 0.2) is 36.4 Å². The lowest BCUT2D eigenvalue weighted by molar-refractivity contribution is 0.580. The zero-order valence-electron chi connectivity index (χ0n) is 10.1. The molecule has 0 bridgehead atoms. The number of nitrogens with one attached hydrogen (secondary N) is 1. The van der Waals surface area contributed by atoms with Crippen LogP contribution in [0.25, 0.3) is 0 Å². The lowest BCUT2D eigenvalue weighted by Gasteiger charge is -2.09. The van der Waals surface area contributed by atoms with Crippen LogP contribution in [0.2, 0.25) is 0 Å². The maximum atomic E-state index is 13.0. The molecule has 0 fully saturated rings. The summed E-state index contributed by atoms with van der Waals surface area (Å²) in [5, 5.41) is 3.15. The molecule has 0 aliphatic heterocycles. The summed E-state index contributed by atoms with van der Waals surface area (Å²) in [6, 6.07) is 9.24. The van der Waals surface area contributed by atoms with Gasteiger partial charge >= 0.3 is 0 Å². The van der Waals surface area contributed by atoms with E-state index in [1.165, 1.54) is 12.1 Å². The van der Waals surface area contributed by atoms with Gasteiger partial charge in [0.1, 0.15) is 11.6 Å². The number of hydrogen-bond acceptors (Lipinski definition) is 2. The molecule has 5 heteroatoms. The van der Waals surface area contributed by atoms with Gasteiger partial charge in [-0.05, 0) is 64.9 Å². The minimum absolute atomic E-state index is 0.528. The molecule has 0 amide bonds. The average Bonchev–Trinajstić information content (AvgIpc) is 2.30. The highest BCUT2D eigenvalue weighted by atomic mass is 127. The van der Waals surface area contributed by atoms with Crippen molar-refractivity contribution in [3.05, 3.63) is 57.2 Å². The first kappa shape index (κ1) is 14.0. The van der Waals surface area contributed by atoms with Crippen LogP contribution in [-0.4, -0.2) is 6.54 Å². The summed E-state index contributed by atoms with van der Waals surface area (Å²) in [6.45, 7) is 0.563. The Balaban J connectivity index is 1.96. The summed E-state index contributed by atoms with van der Waals surface area (Å²) >= 11 is 2.19. The van der Waals surface area contributed by atoms with E-state index in [4.69, 9.17) is 5.73 Å². The molecule has 100 valence electrons. The highest BCUT2D eigenvalue weighted by Gasteiger charge is 2.02. The quantitative estimate of drug-likeness (QED) is 0.631. The van der Waals surface area contributed by atoms with E-state index in [1.54, 1.807) is 0 Å². The zero-order chi connectivity index (χ0) is 13.8. The third-order valence-corrected chi connectivity index (χ3v) is 3.34. The Bertz CT molecular complexity index is 567. The number of halogens is 3. The molecule has 0 unspecified atom stereocenters. The molecule has 0 radical (unpaired) electrons. The Labute approximate surface area is 124 Å². The van der Waals surface area contributed by atoms with Gasteiger partial charge in [0.25, 0.3) is 0 Å². The van der Waals surface area contributed by atoms with Gasteiger partial charge in [-0.25, -0.2) is 8.78 Å². The fourth-order valence-corrected chi connectivity index (χ4v) is 2.31. The van der Waals surface area contributed by atoms with E-state index in [2.05, 4.69) is 27.9 Å². The molecule has 0 saturated heterocycles. The zero-order valence-corrected chi connectivity index (χ0v) is 12.2. The smallest absolute Gasteiger partial charge is 0.126 e. The summed E-state index contributed by atoms with van der Waals surface area (Å²) in [5.41, 5.74) is 7.98. The topological polar surface area (TPSA) is 38.0 Å². The van der Waals surface area contributed by atoms with Crippen LogP contribution in [0.1, 0.15) is 5.56 Å². The third-order valence-electron chi connectivity index (χ3n) is 2.67. The molecule has 0 heterocycles. The summed E-state index contributed by atoms with van der Waals surface area (Å²) in [7, 11) is 0. The summed E-state index contributed by atoms with van der Waals surface area (Å²) in [4.78, 5) is 0. The van der Waals surface area contributed by atoms with Crippen molar-refractivity contribution in [3.8, 4) is 0 Å². The molecular weight excluding hydrogens is 361 g/mol. The number of hydrogen-bond donors (Lipinski definition) is 2. The first-order valence-corrected chi connectivity index (χ1v) is 6.86. The second-order valence-corrected chi connectivity index (χ2v) is 5.43. The second kappa shape index (κ2) is 6.18. The van der Waals surface area contributed by atoms with Gasteiger partial charge in [0.05, 0.1) is 11.4 Å². The van der Waals surface area contributed by atoms with E-state index in [0.29, 0.717) is 24.2 Å². The van der Waals surface area contributed by atoms with Gasteiger partial charge in [-0.15, -0.1) is 0 Å². The molecular formula is C14H13F2IN2. The standard InChI is InChI=1S/C14H13F2IN2/c15-10-5-9(6-11(16)7-10)3-4-19-14-2-1-12(17)8-13(14)18/h1-2,5-8,19H,3-4,18H2. The van der Waals surface area contributed by atoms with E-state index in [9.17, 15) is 8.78 Å². The molecule has 2 aromatic rings. The average molecular weight is 374 g/mol. The molecule has 19 heavy (non-hydrogen) atoms. The summed E-state index contributed by atoms with van der Waals surface area (Å²) < 4.78 is 27.1. The van der Waals surface area contributed by atoms with Crippen molar-refractivity contribution in [2.45, 2.75) is 6.42 Å². The molecule has 0 aliphatic rings. The van der Waals surface area contributed by atoms with Gasteiger partial charge in [0.15, 0.2) is 0 Å². The lowest BCUT2D eigenvalue weighted by atomic mass is 10.1. The SMILES string of the molecule is Nc1cc(I)ccc1NCCc1cc(F)cc(F)c1. The maximum Gasteiger partial charge on any atom is 0.126 e. The predicted octanol–water partition coefficient (Wildman–Crippen LogP) is 3.81. The highest BCUT2D eigenvalue weighted by molar-refractivity contribution is 14.1. The number of benzene rings is 2. The van der Waals surface area contributed by atoms with Gasteiger partial charge < -0.3 is 11.1 Å². The van der Waals surface area contributed by atoms with Crippen molar-refractivity contribution >= 4 is 34.0 Å². The fraction of sp³-hybridized carbons (Fsp3) is 0.143. The van der Waals surface area contributed by atoms with Crippen LogP contribution in [0.4, 0.5) is 20.2 Å². The van der Waals surface area contributed by atoms with E-state index in [1.807, 2.05) is 18.2 Å². The van der Waals surface area contributed by atoms with Crippen LogP contribution in [-0.2, 0) is 6.42 Å². The van der Waals surface area contributed by atoms with Gasteiger partial charge in [-0.1, -0.05) is 0 Å². The van der Waals surface area contributed by atoms with Crippen LogP contribution >= 0.6 is 22.6 Å². The number of rotatable bonds is 4. The maximum absolute atomic E-state index is 13.0. The van der Waals surface area contributed by atoms with Crippen molar-refractivity contribution in [3.63, 3.8) is 0 Å². The molecule has 3 N–H and O–H groups in total. The minimum atomic E-state index is -0.552. The van der Waals surface area contributed by atoms with Crippen LogP contribution in [0, 0.1) is 15.2 Å². The first-order chi connectivity index (χ1) is 9.04. The number of nitrogen functional groups attached to an aromatic ring is 1. The Morgan fingerprint density at radius 1 is 1.05 bits per heavy atom. The van der Waals surface area contributed by atoms with E-state index < -0.39 is 11.6 Å². The third kappa shape index (κ3) is 4.05. The minimum Gasteiger partial charge on any atom is -0.397 e. The molecule has 0 saturated carbocycles.